The van der Waals surface area contributed by atoms with Crippen LogP contribution in [0.25, 0.3) is 0 Å². The summed E-state index contributed by atoms with van der Waals surface area (Å²) in [5.74, 6) is -0.227. The molecule has 1 atom stereocenters. The van der Waals surface area contributed by atoms with E-state index in [1.54, 1.807) is 12.1 Å². The van der Waals surface area contributed by atoms with E-state index in [0.29, 0.717) is 31.6 Å². The molecule has 0 saturated carbocycles. The number of carbonyl (C=O) groups is 2. The molecule has 0 bridgehead atoms. The minimum atomic E-state index is -0.385. The van der Waals surface area contributed by atoms with Gasteiger partial charge in [-0.25, -0.2) is 4.39 Å². The standard InChI is InChI=1S/C19H19FN2O2/c20-15-6-8-16(9-7-15)21-19(24)18(14-4-2-1-3-5-14)22-12-10-17(23)11-13-22/h1-9,18H,10-13H2,(H,21,24)/p+1/t18-/m1/s1. The molecule has 1 heterocycles. The van der Waals surface area contributed by atoms with Crippen LogP contribution in [0.4, 0.5) is 10.1 Å². The SMILES string of the molecule is O=C1CC[NH+]([C@@H](C(=O)Nc2ccc(F)cc2)c2ccccc2)CC1. The summed E-state index contributed by atoms with van der Waals surface area (Å²) in [5.41, 5.74) is 1.48. The zero-order valence-electron chi connectivity index (χ0n) is 13.3. The molecular formula is C19H20FN2O2+. The largest absolute Gasteiger partial charge is 0.321 e. The van der Waals surface area contributed by atoms with Crippen LogP contribution in [0.15, 0.2) is 54.6 Å². The zero-order chi connectivity index (χ0) is 16.9. The summed E-state index contributed by atoms with van der Waals surface area (Å²) >= 11 is 0. The average molecular weight is 327 g/mol. The number of benzene rings is 2. The first-order chi connectivity index (χ1) is 11.6. The van der Waals surface area contributed by atoms with Crippen LogP contribution in [0.3, 0.4) is 0 Å². The van der Waals surface area contributed by atoms with E-state index in [4.69, 9.17) is 0 Å². The normalized spacial score (nSPS) is 16.6. The van der Waals surface area contributed by atoms with Gasteiger partial charge in [0.2, 0.25) is 0 Å². The predicted octanol–water partition coefficient (Wildman–Crippen LogP) is 1.75. The van der Waals surface area contributed by atoms with Gasteiger partial charge in [0.05, 0.1) is 25.9 Å². The van der Waals surface area contributed by atoms with Gasteiger partial charge < -0.3 is 10.2 Å². The third-order valence-electron chi connectivity index (χ3n) is 4.37. The topological polar surface area (TPSA) is 50.6 Å². The van der Waals surface area contributed by atoms with Gasteiger partial charge in [0.25, 0.3) is 5.91 Å². The molecule has 24 heavy (non-hydrogen) atoms. The molecule has 0 aromatic heterocycles. The monoisotopic (exact) mass is 327 g/mol. The first-order valence-electron chi connectivity index (χ1n) is 8.11. The molecule has 0 unspecified atom stereocenters. The van der Waals surface area contributed by atoms with Crippen molar-refractivity contribution in [2.45, 2.75) is 18.9 Å². The second-order valence-corrected chi connectivity index (χ2v) is 6.04. The van der Waals surface area contributed by atoms with E-state index in [-0.39, 0.29) is 23.5 Å². The molecule has 124 valence electrons. The maximum absolute atomic E-state index is 13.0. The lowest BCUT2D eigenvalue weighted by Crippen LogP contribution is -3.14. The average Bonchev–Trinajstić information content (AvgIpc) is 2.60. The molecular weight excluding hydrogens is 307 g/mol. The Balaban J connectivity index is 1.82. The van der Waals surface area contributed by atoms with Gasteiger partial charge in [0, 0.05) is 11.3 Å². The summed E-state index contributed by atoms with van der Waals surface area (Å²) < 4.78 is 13.0. The van der Waals surface area contributed by atoms with Gasteiger partial charge in [0.15, 0.2) is 6.04 Å². The van der Waals surface area contributed by atoms with E-state index in [9.17, 15) is 14.0 Å². The van der Waals surface area contributed by atoms with Crippen LogP contribution in [-0.2, 0) is 9.59 Å². The number of hydrogen-bond donors (Lipinski definition) is 2. The summed E-state index contributed by atoms with van der Waals surface area (Å²) in [6.07, 6.45) is 1.00. The molecule has 0 radical (unpaired) electrons. The van der Waals surface area contributed by atoms with E-state index < -0.39 is 0 Å². The Bertz CT molecular complexity index is 706. The fourth-order valence-corrected chi connectivity index (χ4v) is 3.10. The van der Waals surface area contributed by atoms with Crippen molar-refractivity contribution in [3.05, 3.63) is 66.0 Å². The fourth-order valence-electron chi connectivity index (χ4n) is 3.10. The summed E-state index contributed by atoms with van der Waals surface area (Å²) in [7, 11) is 0. The van der Waals surface area contributed by atoms with Gasteiger partial charge in [-0.3, -0.25) is 9.59 Å². The summed E-state index contributed by atoms with van der Waals surface area (Å²) in [6.45, 7) is 1.30. The maximum Gasteiger partial charge on any atom is 0.287 e. The Kier molecular flexibility index (Phi) is 5.01. The number of carbonyl (C=O) groups excluding carboxylic acids is 2. The molecule has 1 aliphatic rings. The molecule has 2 aromatic rings. The van der Waals surface area contributed by atoms with Gasteiger partial charge in [-0.15, -0.1) is 0 Å². The number of piperidine rings is 1. The number of nitrogens with one attached hydrogen (secondary N) is 2. The number of Topliss-reactive ketones (excluding diaryl/α,β-unsaturated/α-hetero) is 1. The predicted molar refractivity (Wildman–Crippen MR) is 89.2 cm³/mol. The van der Waals surface area contributed by atoms with E-state index in [2.05, 4.69) is 5.32 Å². The molecule has 0 spiro atoms. The second-order valence-electron chi connectivity index (χ2n) is 6.04. The summed E-state index contributed by atoms with van der Waals surface area (Å²) in [4.78, 5) is 25.5. The van der Waals surface area contributed by atoms with Gasteiger partial charge in [-0.1, -0.05) is 30.3 Å². The third kappa shape index (κ3) is 3.86. The zero-order valence-corrected chi connectivity index (χ0v) is 13.3. The Morgan fingerprint density at radius 3 is 2.25 bits per heavy atom. The lowest BCUT2D eigenvalue weighted by Gasteiger charge is -2.30. The van der Waals surface area contributed by atoms with Crippen molar-refractivity contribution >= 4 is 17.4 Å². The minimum absolute atomic E-state index is 0.142. The smallest absolute Gasteiger partial charge is 0.287 e. The molecule has 3 rings (SSSR count). The summed E-state index contributed by atoms with van der Waals surface area (Å²) in [5, 5.41) is 2.86. The van der Waals surface area contributed by atoms with Crippen LogP contribution < -0.4 is 10.2 Å². The van der Waals surface area contributed by atoms with Crippen molar-refractivity contribution in [1.29, 1.82) is 0 Å². The minimum Gasteiger partial charge on any atom is -0.321 e. The maximum atomic E-state index is 13.0. The molecule has 4 nitrogen and oxygen atoms in total. The van der Waals surface area contributed by atoms with E-state index in [1.165, 1.54) is 12.1 Å². The quantitative estimate of drug-likeness (QED) is 0.899. The lowest BCUT2D eigenvalue weighted by atomic mass is 10.0. The highest BCUT2D eigenvalue weighted by Crippen LogP contribution is 2.15. The number of likely N-dealkylation sites (tertiary alicyclic amines) is 1. The Morgan fingerprint density at radius 1 is 1.00 bits per heavy atom. The van der Waals surface area contributed by atoms with Gasteiger partial charge in [-0.05, 0) is 24.3 Å². The van der Waals surface area contributed by atoms with Gasteiger partial charge in [0.1, 0.15) is 11.6 Å². The molecule has 1 saturated heterocycles. The second kappa shape index (κ2) is 7.36. The first-order valence-corrected chi connectivity index (χ1v) is 8.11. The van der Waals surface area contributed by atoms with Crippen molar-refractivity contribution < 1.29 is 18.9 Å². The molecule has 1 aliphatic heterocycles. The highest BCUT2D eigenvalue weighted by molar-refractivity contribution is 5.94. The Labute approximate surface area is 140 Å². The molecule has 2 N–H and O–H groups in total. The third-order valence-corrected chi connectivity index (χ3v) is 4.37. The van der Waals surface area contributed by atoms with Crippen molar-refractivity contribution in [2.24, 2.45) is 0 Å². The van der Waals surface area contributed by atoms with E-state index in [0.717, 1.165) is 10.5 Å². The summed E-state index contributed by atoms with van der Waals surface area (Å²) in [6, 6.07) is 14.9. The van der Waals surface area contributed by atoms with Crippen molar-refractivity contribution in [3.63, 3.8) is 0 Å². The van der Waals surface area contributed by atoms with Gasteiger partial charge >= 0.3 is 0 Å². The number of ketones is 1. The van der Waals surface area contributed by atoms with Crippen molar-refractivity contribution in [3.8, 4) is 0 Å². The molecule has 1 fully saturated rings. The van der Waals surface area contributed by atoms with E-state index >= 15 is 0 Å². The van der Waals surface area contributed by atoms with Crippen LogP contribution in [0.1, 0.15) is 24.4 Å². The van der Waals surface area contributed by atoms with Crippen molar-refractivity contribution in [2.75, 3.05) is 18.4 Å². The van der Waals surface area contributed by atoms with Crippen LogP contribution >= 0.6 is 0 Å². The number of anilines is 1. The number of halogens is 1. The number of rotatable bonds is 4. The van der Waals surface area contributed by atoms with Gasteiger partial charge in [-0.2, -0.15) is 0 Å². The van der Waals surface area contributed by atoms with Crippen LogP contribution in [0.5, 0.6) is 0 Å². The number of quaternary nitrogens is 1. The lowest BCUT2D eigenvalue weighted by molar-refractivity contribution is -0.923. The highest BCUT2D eigenvalue weighted by Gasteiger charge is 2.34. The Hall–Kier alpha value is -2.53. The van der Waals surface area contributed by atoms with E-state index in [1.807, 2.05) is 30.3 Å². The van der Waals surface area contributed by atoms with Crippen LogP contribution in [0, 0.1) is 5.82 Å². The molecule has 0 aliphatic carbocycles. The molecule has 5 heteroatoms. The highest BCUT2D eigenvalue weighted by atomic mass is 19.1. The first kappa shape index (κ1) is 16.3. The molecule has 2 aromatic carbocycles. The number of amides is 1. The Morgan fingerprint density at radius 2 is 1.62 bits per heavy atom. The van der Waals surface area contributed by atoms with Crippen molar-refractivity contribution in [1.82, 2.24) is 0 Å². The molecule has 1 amide bonds. The number of hydrogen-bond acceptors (Lipinski definition) is 2. The van der Waals surface area contributed by atoms with Crippen LogP contribution in [0.2, 0.25) is 0 Å². The fraction of sp³-hybridized carbons (Fsp3) is 0.263. The van der Waals surface area contributed by atoms with Crippen LogP contribution in [-0.4, -0.2) is 24.8 Å².